The molecular weight excluding hydrogens is 316 g/mol. The molecule has 4 rings (SSSR count). The molecule has 0 amide bonds. The SMILES string of the molecule is c1ccc(CCNc2cc(Nc3ccc4c(c3)OCO4)ncn2)cc1. The highest BCUT2D eigenvalue weighted by molar-refractivity contribution is 5.63. The number of anilines is 3. The fourth-order valence-electron chi connectivity index (χ4n) is 2.62. The summed E-state index contributed by atoms with van der Waals surface area (Å²) in [5.41, 5.74) is 2.18. The van der Waals surface area contributed by atoms with Crippen LogP contribution in [0.5, 0.6) is 11.5 Å². The Kier molecular flexibility index (Phi) is 4.33. The molecule has 0 radical (unpaired) electrons. The molecule has 3 aromatic rings. The van der Waals surface area contributed by atoms with Gasteiger partial charge in [-0.2, -0.15) is 0 Å². The zero-order valence-electron chi connectivity index (χ0n) is 13.6. The highest BCUT2D eigenvalue weighted by atomic mass is 16.7. The lowest BCUT2D eigenvalue weighted by molar-refractivity contribution is 0.174. The van der Waals surface area contributed by atoms with Crippen LogP contribution in [0.1, 0.15) is 5.56 Å². The van der Waals surface area contributed by atoms with Crippen LogP contribution in [0.15, 0.2) is 60.9 Å². The lowest BCUT2D eigenvalue weighted by Gasteiger charge is -2.09. The van der Waals surface area contributed by atoms with Gasteiger partial charge in [0.1, 0.15) is 18.0 Å². The van der Waals surface area contributed by atoms with E-state index < -0.39 is 0 Å². The third kappa shape index (κ3) is 3.80. The Morgan fingerprint density at radius 2 is 1.72 bits per heavy atom. The molecule has 2 aromatic carbocycles. The Bertz CT molecular complexity index is 855. The Hall–Kier alpha value is -3.28. The first-order chi connectivity index (χ1) is 12.4. The monoisotopic (exact) mass is 334 g/mol. The van der Waals surface area contributed by atoms with Crippen LogP contribution in [0.4, 0.5) is 17.3 Å². The average Bonchev–Trinajstić information content (AvgIpc) is 3.11. The zero-order chi connectivity index (χ0) is 16.9. The van der Waals surface area contributed by atoms with Crippen molar-refractivity contribution in [2.75, 3.05) is 24.0 Å². The van der Waals surface area contributed by atoms with Gasteiger partial charge in [-0.1, -0.05) is 30.3 Å². The summed E-state index contributed by atoms with van der Waals surface area (Å²) >= 11 is 0. The van der Waals surface area contributed by atoms with E-state index in [2.05, 4.69) is 32.7 Å². The van der Waals surface area contributed by atoms with Crippen LogP contribution in [0.2, 0.25) is 0 Å². The van der Waals surface area contributed by atoms with Gasteiger partial charge in [-0.05, 0) is 24.1 Å². The van der Waals surface area contributed by atoms with Gasteiger partial charge in [0.05, 0.1) is 0 Å². The van der Waals surface area contributed by atoms with Gasteiger partial charge in [0.25, 0.3) is 0 Å². The molecule has 0 spiro atoms. The maximum absolute atomic E-state index is 5.39. The predicted molar refractivity (Wildman–Crippen MR) is 96.5 cm³/mol. The topological polar surface area (TPSA) is 68.3 Å². The Labute approximate surface area is 145 Å². The van der Waals surface area contributed by atoms with Crippen LogP contribution in [-0.2, 0) is 6.42 Å². The van der Waals surface area contributed by atoms with E-state index in [9.17, 15) is 0 Å². The first kappa shape index (κ1) is 15.3. The van der Waals surface area contributed by atoms with Gasteiger partial charge in [0.2, 0.25) is 6.79 Å². The van der Waals surface area contributed by atoms with Crippen LogP contribution in [-0.4, -0.2) is 23.3 Å². The number of hydrogen-bond donors (Lipinski definition) is 2. The molecule has 0 unspecified atom stereocenters. The smallest absolute Gasteiger partial charge is 0.231 e. The number of nitrogens with zero attached hydrogens (tertiary/aromatic N) is 2. The van der Waals surface area contributed by atoms with E-state index in [1.54, 1.807) is 6.33 Å². The molecular formula is C19H18N4O2. The fraction of sp³-hybridized carbons (Fsp3) is 0.158. The van der Waals surface area contributed by atoms with Gasteiger partial charge in [-0.3, -0.25) is 0 Å². The van der Waals surface area contributed by atoms with Crippen molar-refractivity contribution in [2.24, 2.45) is 0 Å². The summed E-state index contributed by atoms with van der Waals surface area (Å²) in [5, 5.41) is 6.58. The lowest BCUT2D eigenvalue weighted by Crippen LogP contribution is -2.07. The van der Waals surface area contributed by atoms with Crippen LogP contribution in [0.25, 0.3) is 0 Å². The summed E-state index contributed by atoms with van der Waals surface area (Å²) in [6.45, 7) is 1.08. The van der Waals surface area contributed by atoms with Gasteiger partial charge in [-0.15, -0.1) is 0 Å². The summed E-state index contributed by atoms with van der Waals surface area (Å²) in [6, 6.07) is 17.9. The first-order valence-corrected chi connectivity index (χ1v) is 8.13. The minimum absolute atomic E-state index is 0.266. The molecule has 1 aliphatic heterocycles. The average molecular weight is 334 g/mol. The van der Waals surface area contributed by atoms with Crippen molar-refractivity contribution in [3.8, 4) is 11.5 Å². The van der Waals surface area contributed by atoms with E-state index in [1.165, 1.54) is 5.56 Å². The van der Waals surface area contributed by atoms with Crippen LogP contribution < -0.4 is 20.1 Å². The molecule has 6 heteroatoms. The second-order valence-electron chi connectivity index (χ2n) is 5.64. The summed E-state index contributed by atoms with van der Waals surface area (Å²) in [5.74, 6) is 3.00. The van der Waals surface area contributed by atoms with Crippen molar-refractivity contribution in [3.05, 3.63) is 66.5 Å². The summed E-state index contributed by atoms with van der Waals surface area (Å²) < 4.78 is 10.7. The molecule has 0 aliphatic carbocycles. The summed E-state index contributed by atoms with van der Waals surface area (Å²) in [4.78, 5) is 8.52. The highest BCUT2D eigenvalue weighted by Crippen LogP contribution is 2.34. The number of hydrogen-bond acceptors (Lipinski definition) is 6. The van der Waals surface area contributed by atoms with Crippen LogP contribution in [0, 0.1) is 0 Å². The second-order valence-corrected chi connectivity index (χ2v) is 5.64. The Balaban J connectivity index is 1.38. The normalized spacial score (nSPS) is 12.0. The van der Waals surface area contributed by atoms with Crippen molar-refractivity contribution >= 4 is 17.3 Å². The van der Waals surface area contributed by atoms with Crippen molar-refractivity contribution in [2.45, 2.75) is 6.42 Å². The van der Waals surface area contributed by atoms with E-state index in [0.717, 1.165) is 41.8 Å². The van der Waals surface area contributed by atoms with E-state index in [1.807, 2.05) is 42.5 Å². The summed E-state index contributed by atoms with van der Waals surface area (Å²) in [6.07, 6.45) is 2.48. The maximum Gasteiger partial charge on any atom is 0.231 e. The summed E-state index contributed by atoms with van der Waals surface area (Å²) in [7, 11) is 0. The van der Waals surface area contributed by atoms with Crippen molar-refractivity contribution in [1.29, 1.82) is 0 Å². The van der Waals surface area contributed by atoms with Gasteiger partial charge >= 0.3 is 0 Å². The predicted octanol–water partition coefficient (Wildman–Crippen LogP) is 3.60. The number of benzene rings is 2. The molecule has 126 valence electrons. The molecule has 6 nitrogen and oxygen atoms in total. The molecule has 2 N–H and O–H groups in total. The number of ether oxygens (including phenoxy) is 2. The van der Waals surface area contributed by atoms with Gasteiger partial charge in [-0.25, -0.2) is 9.97 Å². The van der Waals surface area contributed by atoms with E-state index >= 15 is 0 Å². The molecule has 2 heterocycles. The van der Waals surface area contributed by atoms with E-state index in [-0.39, 0.29) is 6.79 Å². The molecule has 0 saturated heterocycles. The Morgan fingerprint density at radius 1 is 0.880 bits per heavy atom. The molecule has 0 saturated carbocycles. The second kappa shape index (κ2) is 7.09. The molecule has 0 bridgehead atoms. The van der Waals surface area contributed by atoms with Crippen LogP contribution in [0.3, 0.4) is 0 Å². The first-order valence-electron chi connectivity index (χ1n) is 8.13. The molecule has 1 aromatic heterocycles. The molecule has 0 atom stereocenters. The third-order valence-corrected chi connectivity index (χ3v) is 3.87. The van der Waals surface area contributed by atoms with Gasteiger partial charge < -0.3 is 20.1 Å². The maximum atomic E-state index is 5.39. The van der Waals surface area contributed by atoms with Gasteiger partial charge in [0.15, 0.2) is 11.5 Å². The van der Waals surface area contributed by atoms with Crippen LogP contribution >= 0.6 is 0 Å². The molecule has 0 fully saturated rings. The van der Waals surface area contributed by atoms with E-state index in [4.69, 9.17) is 9.47 Å². The largest absolute Gasteiger partial charge is 0.454 e. The fourth-order valence-corrected chi connectivity index (χ4v) is 2.62. The number of nitrogens with one attached hydrogen (secondary N) is 2. The minimum Gasteiger partial charge on any atom is -0.454 e. The molecule has 25 heavy (non-hydrogen) atoms. The standard InChI is InChI=1S/C19H18N4O2/c1-2-4-14(5-3-1)8-9-20-18-11-19(22-12-21-18)23-15-6-7-16-17(10-15)25-13-24-16/h1-7,10-12H,8-9,13H2,(H2,20,21,22,23). The van der Waals surface area contributed by atoms with Crippen molar-refractivity contribution in [1.82, 2.24) is 9.97 Å². The van der Waals surface area contributed by atoms with E-state index in [0.29, 0.717) is 0 Å². The number of aromatic nitrogens is 2. The van der Waals surface area contributed by atoms with Crippen molar-refractivity contribution in [3.63, 3.8) is 0 Å². The number of fused-ring (bicyclic) bond motifs is 1. The Morgan fingerprint density at radius 3 is 2.64 bits per heavy atom. The minimum atomic E-state index is 0.266. The quantitative estimate of drug-likeness (QED) is 0.718. The highest BCUT2D eigenvalue weighted by Gasteiger charge is 2.13. The lowest BCUT2D eigenvalue weighted by atomic mass is 10.1. The molecule has 1 aliphatic rings. The zero-order valence-corrected chi connectivity index (χ0v) is 13.6. The van der Waals surface area contributed by atoms with Crippen molar-refractivity contribution < 1.29 is 9.47 Å². The number of rotatable bonds is 6. The third-order valence-electron chi connectivity index (χ3n) is 3.87. The van der Waals surface area contributed by atoms with Gasteiger partial charge in [0, 0.05) is 24.4 Å².